The van der Waals surface area contributed by atoms with E-state index in [-0.39, 0.29) is 12.0 Å². The molecule has 0 fully saturated rings. The van der Waals surface area contributed by atoms with Crippen LogP contribution in [0.1, 0.15) is 49.4 Å². The molecule has 112 valence electrons. The minimum Gasteiger partial charge on any atom is -0.481 e. The molecule has 0 atom stereocenters. The number of aryl methyl sites for hydroxylation is 3. The molecule has 3 heteroatoms. The monoisotopic (exact) mass is 277 g/mol. The molecule has 0 radical (unpaired) electrons. The van der Waals surface area contributed by atoms with E-state index in [0.717, 1.165) is 6.54 Å². The highest BCUT2D eigenvalue weighted by Gasteiger charge is 2.23. The van der Waals surface area contributed by atoms with Crippen molar-refractivity contribution < 1.29 is 9.90 Å². The van der Waals surface area contributed by atoms with Crippen molar-refractivity contribution in [2.75, 3.05) is 6.54 Å². The fourth-order valence-corrected chi connectivity index (χ4v) is 2.53. The molecule has 1 aromatic carbocycles. The van der Waals surface area contributed by atoms with Gasteiger partial charge in [-0.3, -0.25) is 9.69 Å². The summed E-state index contributed by atoms with van der Waals surface area (Å²) in [6.07, 6.45) is 0.182. The number of nitrogens with zero attached hydrogens (tertiary/aromatic N) is 1. The Morgan fingerprint density at radius 3 is 2.05 bits per heavy atom. The third-order valence-corrected chi connectivity index (χ3v) is 3.73. The molecular formula is C17H27NO2. The zero-order valence-electron chi connectivity index (χ0n) is 13.6. The van der Waals surface area contributed by atoms with E-state index < -0.39 is 5.97 Å². The maximum Gasteiger partial charge on any atom is 0.304 e. The average molecular weight is 277 g/mol. The van der Waals surface area contributed by atoms with E-state index in [0.29, 0.717) is 6.54 Å². The largest absolute Gasteiger partial charge is 0.481 e. The van der Waals surface area contributed by atoms with E-state index >= 15 is 0 Å². The molecule has 0 bridgehead atoms. The van der Waals surface area contributed by atoms with Gasteiger partial charge in [-0.2, -0.15) is 0 Å². The minimum absolute atomic E-state index is 0.0424. The van der Waals surface area contributed by atoms with E-state index in [9.17, 15) is 4.79 Å². The second-order valence-corrected chi connectivity index (χ2v) is 6.61. The predicted octanol–water partition coefficient (Wildman–Crippen LogP) is 3.69. The molecule has 0 aliphatic rings. The van der Waals surface area contributed by atoms with Crippen LogP contribution in [0.5, 0.6) is 0 Å². The zero-order chi connectivity index (χ0) is 15.5. The van der Waals surface area contributed by atoms with Gasteiger partial charge in [-0.15, -0.1) is 0 Å². The molecule has 0 unspecified atom stereocenters. The number of hydrogen-bond donors (Lipinski definition) is 1. The van der Waals surface area contributed by atoms with Gasteiger partial charge in [0.15, 0.2) is 0 Å². The minimum atomic E-state index is -0.739. The van der Waals surface area contributed by atoms with Crippen LogP contribution in [0.2, 0.25) is 0 Å². The first-order valence-electron chi connectivity index (χ1n) is 7.15. The molecular weight excluding hydrogens is 250 g/mol. The summed E-state index contributed by atoms with van der Waals surface area (Å²) in [5.74, 6) is -0.739. The molecule has 1 aromatic rings. The van der Waals surface area contributed by atoms with Crippen molar-refractivity contribution >= 4 is 5.97 Å². The third kappa shape index (κ3) is 4.64. The van der Waals surface area contributed by atoms with E-state index in [1.54, 1.807) is 0 Å². The molecule has 0 aliphatic carbocycles. The highest BCUT2D eigenvalue weighted by Crippen LogP contribution is 2.23. The fraction of sp³-hybridized carbons (Fsp3) is 0.588. The van der Waals surface area contributed by atoms with Crippen molar-refractivity contribution in [3.05, 3.63) is 34.4 Å². The molecule has 3 nitrogen and oxygen atoms in total. The molecule has 0 saturated carbocycles. The van der Waals surface area contributed by atoms with Crippen LogP contribution in [0.4, 0.5) is 0 Å². The Morgan fingerprint density at radius 2 is 1.65 bits per heavy atom. The van der Waals surface area contributed by atoms with Crippen LogP contribution in [-0.2, 0) is 11.3 Å². The summed E-state index contributed by atoms with van der Waals surface area (Å²) in [4.78, 5) is 13.1. The molecule has 20 heavy (non-hydrogen) atoms. The van der Waals surface area contributed by atoms with Crippen molar-refractivity contribution in [1.82, 2.24) is 4.90 Å². The van der Waals surface area contributed by atoms with Gasteiger partial charge >= 0.3 is 5.97 Å². The molecule has 0 saturated heterocycles. The van der Waals surface area contributed by atoms with Gasteiger partial charge in [0.05, 0.1) is 6.42 Å². The number of aliphatic carboxylic acids is 1. The van der Waals surface area contributed by atoms with Crippen LogP contribution in [0.15, 0.2) is 12.1 Å². The summed E-state index contributed by atoms with van der Waals surface area (Å²) in [5, 5.41) is 8.91. The van der Waals surface area contributed by atoms with Gasteiger partial charge in [0.25, 0.3) is 0 Å². The fourth-order valence-electron chi connectivity index (χ4n) is 2.53. The van der Waals surface area contributed by atoms with Crippen LogP contribution < -0.4 is 0 Å². The highest BCUT2D eigenvalue weighted by molar-refractivity contribution is 5.66. The number of carbonyl (C=O) groups is 1. The Bertz CT molecular complexity index is 463. The van der Waals surface area contributed by atoms with Crippen LogP contribution in [0.25, 0.3) is 0 Å². The van der Waals surface area contributed by atoms with Gasteiger partial charge in [0.2, 0.25) is 0 Å². The lowest BCUT2D eigenvalue weighted by atomic mass is 9.97. The van der Waals surface area contributed by atoms with Crippen LogP contribution in [0, 0.1) is 20.8 Å². The number of benzene rings is 1. The Morgan fingerprint density at radius 1 is 1.15 bits per heavy atom. The van der Waals surface area contributed by atoms with E-state index in [1.165, 1.54) is 22.3 Å². The maximum absolute atomic E-state index is 10.8. The van der Waals surface area contributed by atoms with Crippen molar-refractivity contribution in [3.63, 3.8) is 0 Å². The number of carboxylic acid groups (broad SMARTS) is 1. The summed E-state index contributed by atoms with van der Waals surface area (Å²) in [6.45, 7) is 14.1. The number of carboxylic acids is 1. The van der Waals surface area contributed by atoms with Crippen molar-refractivity contribution in [2.45, 2.75) is 60.0 Å². The zero-order valence-corrected chi connectivity index (χ0v) is 13.6. The van der Waals surface area contributed by atoms with Gasteiger partial charge in [-0.25, -0.2) is 0 Å². The lowest BCUT2D eigenvalue weighted by molar-refractivity contribution is -0.137. The third-order valence-electron chi connectivity index (χ3n) is 3.73. The van der Waals surface area contributed by atoms with Crippen LogP contribution in [0.3, 0.4) is 0 Å². The Kier molecular flexibility index (Phi) is 5.35. The van der Waals surface area contributed by atoms with Gasteiger partial charge < -0.3 is 5.11 Å². The predicted molar refractivity (Wildman–Crippen MR) is 83.1 cm³/mol. The van der Waals surface area contributed by atoms with Gasteiger partial charge in [-0.05, 0) is 58.2 Å². The van der Waals surface area contributed by atoms with E-state index in [2.05, 4.69) is 58.6 Å². The smallest absolute Gasteiger partial charge is 0.304 e. The lowest BCUT2D eigenvalue weighted by Gasteiger charge is -2.36. The Labute approximate surface area is 122 Å². The van der Waals surface area contributed by atoms with E-state index in [1.807, 2.05) is 0 Å². The first-order chi connectivity index (χ1) is 9.11. The second-order valence-electron chi connectivity index (χ2n) is 6.61. The van der Waals surface area contributed by atoms with Gasteiger partial charge in [0, 0.05) is 18.6 Å². The number of hydrogen-bond acceptors (Lipinski definition) is 2. The van der Waals surface area contributed by atoms with Crippen molar-refractivity contribution in [1.29, 1.82) is 0 Å². The summed E-state index contributed by atoms with van der Waals surface area (Å²) in [5.41, 5.74) is 5.12. The quantitative estimate of drug-likeness (QED) is 0.892. The Balaban J connectivity index is 2.98. The maximum atomic E-state index is 10.8. The van der Waals surface area contributed by atoms with Crippen molar-refractivity contribution in [3.8, 4) is 0 Å². The SMILES string of the molecule is Cc1cc(C)c(CN(CCC(=O)O)C(C)(C)C)c(C)c1. The number of rotatable bonds is 5. The first-order valence-corrected chi connectivity index (χ1v) is 7.15. The highest BCUT2D eigenvalue weighted by atomic mass is 16.4. The average Bonchev–Trinajstić information content (AvgIpc) is 2.24. The standard InChI is InChI=1S/C17H27NO2/c1-12-9-13(2)15(14(3)10-12)11-18(17(4,5)6)8-7-16(19)20/h9-10H,7-8,11H2,1-6H3,(H,19,20). The Hall–Kier alpha value is -1.35. The first kappa shape index (κ1) is 16.7. The molecule has 0 aliphatic heterocycles. The molecule has 0 heterocycles. The summed E-state index contributed by atoms with van der Waals surface area (Å²) in [7, 11) is 0. The molecule has 1 N–H and O–H groups in total. The summed E-state index contributed by atoms with van der Waals surface area (Å²) >= 11 is 0. The van der Waals surface area contributed by atoms with Gasteiger partial charge in [0.1, 0.15) is 0 Å². The normalized spacial score (nSPS) is 11.9. The molecule has 0 amide bonds. The van der Waals surface area contributed by atoms with Gasteiger partial charge in [-0.1, -0.05) is 17.7 Å². The van der Waals surface area contributed by atoms with Crippen molar-refractivity contribution in [2.24, 2.45) is 0 Å². The van der Waals surface area contributed by atoms with Crippen LogP contribution >= 0.6 is 0 Å². The second kappa shape index (κ2) is 6.40. The lowest BCUT2D eigenvalue weighted by Crippen LogP contribution is -2.42. The topological polar surface area (TPSA) is 40.5 Å². The van der Waals surface area contributed by atoms with Crippen LogP contribution in [-0.4, -0.2) is 28.1 Å². The summed E-state index contributed by atoms with van der Waals surface area (Å²) in [6, 6.07) is 4.39. The van der Waals surface area contributed by atoms with E-state index in [4.69, 9.17) is 5.11 Å². The molecule has 0 spiro atoms. The molecule has 0 aromatic heterocycles. The molecule has 1 rings (SSSR count). The summed E-state index contributed by atoms with van der Waals surface area (Å²) < 4.78 is 0.